The lowest BCUT2D eigenvalue weighted by molar-refractivity contribution is -0.155. The van der Waals surface area contributed by atoms with Gasteiger partial charge in [0.25, 0.3) is 0 Å². The van der Waals surface area contributed by atoms with Crippen molar-refractivity contribution in [3.05, 3.63) is 23.8 Å². The summed E-state index contributed by atoms with van der Waals surface area (Å²) in [6.45, 7) is 2.84. The van der Waals surface area contributed by atoms with Crippen LogP contribution in [0.5, 0.6) is 11.5 Å². The molecule has 1 aromatic carbocycles. The topological polar surface area (TPSA) is 36.9 Å². The second kappa shape index (κ2) is 5.19. The first-order chi connectivity index (χ1) is 9.18. The van der Waals surface area contributed by atoms with Crippen LogP contribution in [0.15, 0.2) is 18.2 Å². The standard InChI is InChI=1S/C14H17ClO4/c1-14(18-8-11(7-15)19-14)5-4-10-2-3-12-13(6-10)17-9-16-12/h2-3,6,11H,4-5,7-9H2,1H3. The van der Waals surface area contributed by atoms with Gasteiger partial charge in [-0.05, 0) is 31.0 Å². The fourth-order valence-corrected chi connectivity index (χ4v) is 2.52. The van der Waals surface area contributed by atoms with Crippen LogP contribution in [0.25, 0.3) is 0 Å². The predicted molar refractivity (Wildman–Crippen MR) is 70.8 cm³/mol. The van der Waals surface area contributed by atoms with Crippen molar-refractivity contribution in [2.75, 3.05) is 19.3 Å². The summed E-state index contributed by atoms with van der Waals surface area (Å²) in [6.07, 6.45) is 1.66. The molecule has 2 atom stereocenters. The highest BCUT2D eigenvalue weighted by Gasteiger charge is 2.36. The van der Waals surface area contributed by atoms with Gasteiger partial charge >= 0.3 is 0 Å². The van der Waals surface area contributed by atoms with E-state index in [4.69, 9.17) is 30.5 Å². The van der Waals surface area contributed by atoms with E-state index in [9.17, 15) is 0 Å². The van der Waals surface area contributed by atoms with Gasteiger partial charge in [-0.25, -0.2) is 0 Å². The van der Waals surface area contributed by atoms with Gasteiger partial charge in [0, 0.05) is 6.42 Å². The quantitative estimate of drug-likeness (QED) is 0.797. The first-order valence-electron chi connectivity index (χ1n) is 6.45. The Hall–Kier alpha value is -0.970. The van der Waals surface area contributed by atoms with E-state index in [1.807, 2.05) is 25.1 Å². The average Bonchev–Trinajstić information content (AvgIpc) is 3.02. The number of aryl methyl sites for hydroxylation is 1. The van der Waals surface area contributed by atoms with Gasteiger partial charge in [-0.2, -0.15) is 0 Å². The summed E-state index contributed by atoms with van der Waals surface area (Å²) < 4.78 is 22.2. The molecule has 1 saturated heterocycles. The van der Waals surface area contributed by atoms with E-state index in [2.05, 4.69) is 0 Å². The highest BCUT2D eigenvalue weighted by atomic mass is 35.5. The minimum absolute atomic E-state index is 0.00317. The Morgan fingerprint density at radius 3 is 2.95 bits per heavy atom. The lowest BCUT2D eigenvalue weighted by atomic mass is 10.0. The molecule has 0 saturated carbocycles. The molecule has 0 spiro atoms. The van der Waals surface area contributed by atoms with Gasteiger partial charge in [0.2, 0.25) is 6.79 Å². The fraction of sp³-hybridized carbons (Fsp3) is 0.571. The summed E-state index contributed by atoms with van der Waals surface area (Å²) >= 11 is 5.78. The maximum absolute atomic E-state index is 5.80. The molecule has 5 heteroatoms. The molecule has 1 aromatic rings. The number of ether oxygens (including phenoxy) is 4. The van der Waals surface area contributed by atoms with E-state index in [0.29, 0.717) is 19.3 Å². The van der Waals surface area contributed by atoms with Gasteiger partial charge in [0.05, 0.1) is 18.6 Å². The largest absolute Gasteiger partial charge is 0.454 e. The third-order valence-corrected chi connectivity index (χ3v) is 3.81. The molecule has 2 heterocycles. The Bertz CT molecular complexity index is 465. The number of fused-ring (bicyclic) bond motifs is 1. The minimum atomic E-state index is -0.532. The second-order valence-electron chi connectivity index (χ2n) is 5.03. The van der Waals surface area contributed by atoms with Gasteiger partial charge in [0.15, 0.2) is 17.3 Å². The van der Waals surface area contributed by atoms with Crippen LogP contribution in [-0.4, -0.2) is 31.2 Å². The van der Waals surface area contributed by atoms with Crippen molar-refractivity contribution in [3.63, 3.8) is 0 Å². The first-order valence-corrected chi connectivity index (χ1v) is 6.98. The molecule has 0 radical (unpaired) electrons. The summed E-state index contributed by atoms with van der Waals surface area (Å²) in [7, 11) is 0. The Morgan fingerprint density at radius 2 is 2.16 bits per heavy atom. The lowest BCUT2D eigenvalue weighted by Gasteiger charge is -2.23. The van der Waals surface area contributed by atoms with E-state index in [-0.39, 0.29) is 6.10 Å². The summed E-state index contributed by atoms with van der Waals surface area (Å²) in [4.78, 5) is 0. The van der Waals surface area contributed by atoms with E-state index in [1.54, 1.807) is 0 Å². The van der Waals surface area contributed by atoms with Crippen molar-refractivity contribution in [2.24, 2.45) is 0 Å². The molecule has 0 bridgehead atoms. The zero-order valence-electron chi connectivity index (χ0n) is 10.9. The van der Waals surface area contributed by atoms with Crippen molar-refractivity contribution in [1.29, 1.82) is 0 Å². The number of hydrogen-bond donors (Lipinski definition) is 0. The van der Waals surface area contributed by atoms with Crippen LogP contribution >= 0.6 is 11.6 Å². The van der Waals surface area contributed by atoms with Crippen LogP contribution in [-0.2, 0) is 15.9 Å². The summed E-state index contributed by atoms with van der Waals surface area (Å²) in [5.41, 5.74) is 1.19. The molecule has 0 aliphatic carbocycles. The molecule has 2 aliphatic rings. The Labute approximate surface area is 117 Å². The summed E-state index contributed by atoms with van der Waals surface area (Å²) in [5, 5.41) is 0. The van der Waals surface area contributed by atoms with Crippen LogP contribution in [0.1, 0.15) is 18.9 Å². The SMILES string of the molecule is CC1(CCc2ccc3c(c2)OCO3)OCC(CCl)O1. The first kappa shape index (κ1) is 13.0. The summed E-state index contributed by atoms with van der Waals surface area (Å²) in [6, 6.07) is 6.00. The number of benzene rings is 1. The van der Waals surface area contributed by atoms with E-state index < -0.39 is 5.79 Å². The Balaban J connectivity index is 1.60. The minimum Gasteiger partial charge on any atom is -0.454 e. The molecule has 2 aliphatic heterocycles. The van der Waals surface area contributed by atoms with E-state index in [0.717, 1.165) is 24.3 Å². The van der Waals surface area contributed by atoms with Crippen molar-refractivity contribution in [2.45, 2.75) is 31.7 Å². The van der Waals surface area contributed by atoms with Crippen LogP contribution in [0.4, 0.5) is 0 Å². The van der Waals surface area contributed by atoms with Gasteiger partial charge in [0.1, 0.15) is 0 Å². The molecule has 2 unspecified atom stereocenters. The van der Waals surface area contributed by atoms with Gasteiger partial charge in [-0.1, -0.05) is 6.07 Å². The maximum atomic E-state index is 5.80. The Morgan fingerprint density at radius 1 is 1.32 bits per heavy atom. The van der Waals surface area contributed by atoms with Crippen LogP contribution < -0.4 is 9.47 Å². The van der Waals surface area contributed by atoms with Crippen molar-refractivity contribution >= 4 is 11.6 Å². The molecular formula is C14H17ClO4. The maximum Gasteiger partial charge on any atom is 0.231 e. The van der Waals surface area contributed by atoms with Gasteiger partial charge < -0.3 is 18.9 Å². The second-order valence-corrected chi connectivity index (χ2v) is 5.34. The highest BCUT2D eigenvalue weighted by molar-refractivity contribution is 6.18. The van der Waals surface area contributed by atoms with E-state index >= 15 is 0 Å². The predicted octanol–water partition coefficient (Wildman–Crippen LogP) is 2.72. The van der Waals surface area contributed by atoms with Crippen molar-refractivity contribution in [3.8, 4) is 11.5 Å². The zero-order chi connectivity index (χ0) is 13.3. The van der Waals surface area contributed by atoms with Gasteiger partial charge in [-0.3, -0.25) is 0 Å². The zero-order valence-corrected chi connectivity index (χ0v) is 11.6. The normalized spacial score (nSPS) is 28.8. The molecular weight excluding hydrogens is 268 g/mol. The molecule has 0 amide bonds. The molecule has 0 N–H and O–H groups in total. The lowest BCUT2D eigenvalue weighted by Crippen LogP contribution is -2.27. The molecule has 0 aromatic heterocycles. The number of halogens is 1. The summed E-state index contributed by atoms with van der Waals surface area (Å²) in [5.74, 6) is 1.57. The third-order valence-electron chi connectivity index (χ3n) is 3.47. The average molecular weight is 285 g/mol. The van der Waals surface area contributed by atoms with Crippen LogP contribution in [0.3, 0.4) is 0 Å². The third kappa shape index (κ3) is 2.81. The molecule has 104 valence electrons. The number of rotatable bonds is 4. The van der Waals surface area contributed by atoms with Crippen LogP contribution in [0, 0.1) is 0 Å². The van der Waals surface area contributed by atoms with Crippen LogP contribution in [0.2, 0.25) is 0 Å². The Kier molecular flexibility index (Phi) is 3.56. The monoisotopic (exact) mass is 284 g/mol. The van der Waals surface area contributed by atoms with Gasteiger partial charge in [-0.15, -0.1) is 11.6 Å². The highest BCUT2D eigenvalue weighted by Crippen LogP contribution is 2.34. The van der Waals surface area contributed by atoms with Crippen molar-refractivity contribution < 1.29 is 18.9 Å². The van der Waals surface area contributed by atoms with E-state index in [1.165, 1.54) is 5.56 Å². The molecule has 3 rings (SSSR count). The molecule has 19 heavy (non-hydrogen) atoms. The van der Waals surface area contributed by atoms with Crippen molar-refractivity contribution in [1.82, 2.24) is 0 Å². The number of alkyl halides is 1. The number of hydrogen-bond acceptors (Lipinski definition) is 4. The molecule has 4 nitrogen and oxygen atoms in total. The smallest absolute Gasteiger partial charge is 0.231 e. The fourth-order valence-electron chi connectivity index (χ4n) is 2.36. The molecule has 1 fully saturated rings.